The van der Waals surface area contributed by atoms with Gasteiger partial charge in [0, 0.05) is 6.20 Å². The van der Waals surface area contributed by atoms with Crippen LogP contribution in [0.15, 0.2) is 43.0 Å². The number of aromatic nitrogens is 1. The smallest absolute Gasteiger partial charge is 0.352 e. The Labute approximate surface area is 106 Å². The molecule has 0 bridgehead atoms. The van der Waals surface area contributed by atoms with Gasteiger partial charge in [-0.05, 0) is 23.6 Å². The molecule has 1 aromatic carbocycles. The number of aromatic carboxylic acids is 1. The SMILES string of the molecule is C=Cn1c(C(=O)O)cc(CC)c1-c1ccccc1. The first-order valence-electron chi connectivity index (χ1n) is 5.84. The first kappa shape index (κ1) is 12.2. The maximum absolute atomic E-state index is 11.2. The van der Waals surface area contributed by atoms with Gasteiger partial charge in [-0.25, -0.2) is 4.79 Å². The van der Waals surface area contributed by atoms with Gasteiger partial charge >= 0.3 is 5.97 Å². The third-order valence-corrected chi connectivity index (χ3v) is 2.95. The maximum Gasteiger partial charge on any atom is 0.352 e. The molecule has 0 amide bonds. The highest BCUT2D eigenvalue weighted by Gasteiger charge is 2.17. The summed E-state index contributed by atoms with van der Waals surface area (Å²) >= 11 is 0. The standard InChI is InChI=1S/C15H15NO2/c1-3-11-10-13(15(17)18)16(4-2)14(11)12-8-6-5-7-9-12/h4-10H,2-3H2,1H3,(H,17,18). The van der Waals surface area contributed by atoms with E-state index in [-0.39, 0.29) is 5.69 Å². The molecule has 3 nitrogen and oxygen atoms in total. The molecule has 0 saturated carbocycles. The molecule has 1 aromatic heterocycles. The number of hydrogen-bond acceptors (Lipinski definition) is 1. The fraction of sp³-hybridized carbons (Fsp3) is 0.133. The molecule has 18 heavy (non-hydrogen) atoms. The van der Waals surface area contributed by atoms with E-state index in [1.165, 1.54) is 0 Å². The number of nitrogens with zero attached hydrogens (tertiary/aromatic N) is 1. The quantitative estimate of drug-likeness (QED) is 0.889. The molecule has 1 heterocycles. The Morgan fingerprint density at radius 1 is 1.39 bits per heavy atom. The fourth-order valence-corrected chi connectivity index (χ4v) is 2.12. The molecule has 2 rings (SSSR count). The molecule has 92 valence electrons. The van der Waals surface area contributed by atoms with Crippen LogP contribution < -0.4 is 0 Å². The number of rotatable bonds is 4. The van der Waals surface area contributed by atoms with Crippen LogP contribution in [0.5, 0.6) is 0 Å². The Kier molecular flexibility index (Phi) is 3.33. The van der Waals surface area contributed by atoms with Crippen LogP contribution in [0.1, 0.15) is 23.0 Å². The summed E-state index contributed by atoms with van der Waals surface area (Å²) in [7, 11) is 0. The summed E-state index contributed by atoms with van der Waals surface area (Å²) < 4.78 is 1.64. The maximum atomic E-state index is 11.2. The molecule has 3 heteroatoms. The van der Waals surface area contributed by atoms with E-state index in [1.54, 1.807) is 16.8 Å². The van der Waals surface area contributed by atoms with Crippen LogP contribution >= 0.6 is 0 Å². The Balaban J connectivity index is 2.72. The van der Waals surface area contributed by atoms with Gasteiger partial charge in [0.1, 0.15) is 5.69 Å². The third kappa shape index (κ3) is 1.95. The molecular formula is C15H15NO2. The van der Waals surface area contributed by atoms with E-state index in [1.807, 2.05) is 37.3 Å². The molecule has 0 aliphatic heterocycles. The van der Waals surface area contributed by atoms with Crippen LogP contribution in [-0.2, 0) is 6.42 Å². The minimum Gasteiger partial charge on any atom is -0.477 e. The molecule has 0 fully saturated rings. The molecule has 0 saturated heterocycles. The van der Waals surface area contributed by atoms with Gasteiger partial charge in [-0.3, -0.25) is 0 Å². The Morgan fingerprint density at radius 3 is 2.56 bits per heavy atom. The van der Waals surface area contributed by atoms with Crippen molar-refractivity contribution in [3.05, 3.63) is 54.2 Å². The summed E-state index contributed by atoms with van der Waals surface area (Å²) in [5.74, 6) is -0.938. The molecule has 2 aromatic rings. The Hall–Kier alpha value is -2.29. The topological polar surface area (TPSA) is 42.2 Å². The molecule has 0 unspecified atom stereocenters. The van der Waals surface area contributed by atoms with Gasteiger partial charge in [0.2, 0.25) is 0 Å². The second kappa shape index (κ2) is 4.92. The van der Waals surface area contributed by atoms with Crippen molar-refractivity contribution in [1.29, 1.82) is 0 Å². The Bertz CT molecular complexity index is 582. The molecule has 0 aliphatic carbocycles. The van der Waals surface area contributed by atoms with E-state index >= 15 is 0 Å². The summed E-state index contributed by atoms with van der Waals surface area (Å²) in [4.78, 5) is 11.2. The first-order chi connectivity index (χ1) is 8.69. The largest absolute Gasteiger partial charge is 0.477 e. The summed E-state index contributed by atoms with van der Waals surface area (Å²) in [5, 5.41) is 9.21. The second-order valence-electron chi connectivity index (χ2n) is 3.98. The molecular weight excluding hydrogens is 226 g/mol. The minimum atomic E-state index is -0.938. The number of aryl methyl sites for hydroxylation is 1. The lowest BCUT2D eigenvalue weighted by Gasteiger charge is -2.08. The van der Waals surface area contributed by atoms with E-state index in [4.69, 9.17) is 0 Å². The zero-order valence-corrected chi connectivity index (χ0v) is 10.3. The summed E-state index contributed by atoms with van der Waals surface area (Å²) in [6.07, 6.45) is 2.33. The van der Waals surface area contributed by atoms with E-state index in [0.29, 0.717) is 0 Å². The molecule has 0 aliphatic rings. The zero-order chi connectivity index (χ0) is 13.1. The van der Waals surface area contributed by atoms with Gasteiger partial charge in [-0.2, -0.15) is 0 Å². The van der Waals surface area contributed by atoms with Gasteiger partial charge in [0.25, 0.3) is 0 Å². The van der Waals surface area contributed by atoms with Crippen LogP contribution in [0, 0.1) is 0 Å². The van der Waals surface area contributed by atoms with E-state index in [0.717, 1.165) is 23.2 Å². The van der Waals surface area contributed by atoms with Crippen LogP contribution in [-0.4, -0.2) is 15.6 Å². The van der Waals surface area contributed by atoms with Gasteiger partial charge in [0.15, 0.2) is 0 Å². The highest BCUT2D eigenvalue weighted by atomic mass is 16.4. The van der Waals surface area contributed by atoms with Gasteiger partial charge < -0.3 is 9.67 Å². The van der Waals surface area contributed by atoms with Crippen molar-refractivity contribution in [2.75, 3.05) is 0 Å². The second-order valence-corrected chi connectivity index (χ2v) is 3.98. The van der Waals surface area contributed by atoms with Crippen LogP contribution in [0.25, 0.3) is 17.5 Å². The predicted octanol–water partition coefficient (Wildman–Crippen LogP) is 3.52. The molecule has 0 spiro atoms. The normalized spacial score (nSPS) is 10.3. The van der Waals surface area contributed by atoms with Crippen molar-refractivity contribution in [1.82, 2.24) is 4.57 Å². The zero-order valence-electron chi connectivity index (χ0n) is 10.3. The molecule has 1 N–H and O–H groups in total. The summed E-state index contributed by atoms with van der Waals surface area (Å²) in [5.41, 5.74) is 3.17. The average molecular weight is 241 g/mol. The fourth-order valence-electron chi connectivity index (χ4n) is 2.12. The van der Waals surface area contributed by atoms with Gasteiger partial charge in [0.05, 0.1) is 5.69 Å². The van der Waals surface area contributed by atoms with Crippen molar-refractivity contribution < 1.29 is 9.90 Å². The van der Waals surface area contributed by atoms with Gasteiger partial charge in [-0.15, -0.1) is 0 Å². The minimum absolute atomic E-state index is 0.251. The van der Waals surface area contributed by atoms with Gasteiger partial charge in [-0.1, -0.05) is 43.8 Å². The van der Waals surface area contributed by atoms with Crippen LogP contribution in [0.4, 0.5) is 0 Å². The highest BCUT2D eigenvalue weighted by molar-refractivity contribution is 5.89. The monoisotopic (exact) mass is 241 g/mol. The van der Waals surface area contributed by atoms with Crippen molar-refractivity contribution in [3.63, 3.8) is 0 Å². The predicted molar refractivity (Wildman–Crippen MR) is 72.6 cm³/mol. The third-order valence-electron chi connectivity index (χ3n) is 2.95. The highest BCUT2D eigenvalue weighted by Crippen LogP contribution is 2.28. The van der Waals surface area contributed by atoms with Crippen LogP contribution in [0.2, 0.25) is 0 Å². The van der Waals surface area contributed by atoms with Crippen molar-refractivity contribution >= 4 is 12.2 Å². The van der Waals surface area contributed by atoms with Crippen molar-refractivity contribution in [3.8, 4) is 11.3 Å². The average Bonchev–Trinajstić information content (AvgIpc) is 2.78. The lowest BCUT2D eigenvalue weighted by Crippen LogP contribution is -2.03. The number of hydrogen-bond donors (Lipinski definition) is 1. The number of carboxylic acids is 1. The molecule has 0 atom stereocenters. The number of carbonyl (C=O) groups is 1. The van der Waals surface area contributed by atoms with E-state index in [2.05, 4.69) is 6.58 Å². The summed E-state index contributed by atoms with van der Waals surface area (Å²) in [6, 6.07) is 11.5. The first-order valence-corrected chi connectivity index (χ1v) is 5.84. The van der Waals surface area contributed by atoms with Crippen molar-refractivity contribution in [2.24, 2.45) is 0 Å². The molecule has 0 radical (unpaired) electrons. The Morgan fingerprint density at radius 2 is 2.06 bits per heavy atom. The number of carboxylic acid groups (broad SMARTS) is 1. The number of benzene rings is 1. The van der Waals surface area contributed by atoms with Crippen LogP contribution in [0.3, 0.4) is 0 Å². The van der Waals surface area contributed by atoms with Crippen molar-refractivity contribution in [2.45, 2.75) is 13.3 Å². The lowest BCUT2D eigenvalue weighted by atomic mass is 10.1. The van der Waals surface area contributed by atoms with E-state index in [9.17, 15) is 9.90 Å². The van der Waals surface area contributed by atoms with E-state index < -0.39 is 5.97 Å². The summed E-state index contributed by atoms with van der Waals surface area (Å²) in [6.45, 7) is 5.72. The lowest BCUT2D eigenvalue weighted by molar-refractivity contribution is 0.0689.